The molecule has 2 aromatic heterocycles. The van der Waals surface area contributed by atoms with Crippen LogP contribution < -0.4 is 0 Å². The highest BCUT2D eigenvalue weighted by Gasteiger charge is 2.30. The first kappa shape index (κ1) is 15.3. The van der Waals surface area contributed by atoms with Crippen LogP contribution in [0.5, 0.6) is 0 Å². The molecule has 0 aromatic carbocycles. The molecule has 2 aromatic rings. The summed E-state index contributed by atoms with van der Waals surface area (Å²) in [6.45, 7) is 1.31. The van der Waals surface area contributed by atoms with E-state index in [1.807, 2.05) is 41.2 Å². The molecule has 0 spiro atoms. The van der Waals surface area contributed by atoms with Crippen molar-refractivity contribution in [2.24, 2.45) is 0 Å². The Morgan fingerprint density at radius 3 is 2.70 bits per heavy atom. The van der Waals surface area contributed by atoms with Gasteiger partial charge in [-0.05, 0) is 42.7 Å². The zero-order chi connectivity index (χ0) is 15.8. The molecule has 1 fully saturated rings. The van der Waals surface area contributed by atoms with E-state index in [2.05, 4.69) is 4.57 Å². The molecule has 1 amide bonds. The molecule has 4 heterocycles. The van der Waals surface area contributed by atoms with Crippen LogP contribution in [-0.4, -0.2) is 45.4 Å². The molecule has 0 saturated carbocycles. The fraction of sp³-hybridized carbons (Fsp3) is 0.471. The van der Waals surface area contributed by atoms with E-state index in [-0.39, 0.29) is 12.0 Å². The highest BCUT2D eigenvalue weighted by atomic mass is 32.2. The van der Waals surface area contributed by atoms with E-state index in [1.54, 1.807) is 11.3 Å². The van der Waals surface area contributed by atoms with Gasteiger partial charge in [0.1, 0.15) is 5.00 Å². The van der Waals surface area contributed by atoms with Crippen LogP contribution in [0.3, 0.4) is 0 Å². The lowest BCUT2D eigenvalue weighted by molar-refractivity contribution is 0.0546. The number of aliphatic hydroxyl groups excluding tert-OH is 1. The molecular formula is C17H20N2O2S2. The first-order valence-electron chi connectivity index (χ1n) is 8.07. The quantitative estimate of drug-likeness (QED) is 0.908. The summed E-state index contributed by atoms with van der Waals surface area (Å²) in [5, 5.41) is 10.7. The molecule has 23 heavy (non-hydrogen) atoms. The van der Waals surface area contributed by atoms with Crippen LogP contribution in [0.15, 0.2) is 24.5 Å². The number of fused-ring (bicyclic) bond motifs is 1. The van der Waals surface area contributed by atoms with Crippen molar-refractivity contribution in [1.29, 1.82) is 0 Å². The highest BCUT2D eigenvalue weighted by molar-refractivity contribution is 7.98. The van der Waals surface area contributed by atoms with Crippen LogP contribution in [0.2, 0.25) is 0 Å². The lowest BCUT2D eigenvalue weighted by Crippen LogP contribution is -2.40. The average molecular weight is 348 g/mol. The third-order valence-electron chi connectivity index (χ3n) is 4.61. The number of hydrogen-bond acceptors (Lipinski definition) is 4. The minimum absolute atomic E-state index is 0.144. The van der Waals surface area contributed by atoms with E-state index in [4.69, 9.17) is 0 Å². The van der Waals surface area contributed by atoms with Gasteiger partial charge in [-0.1, -0.05) is 0 Å². The maximum Gasteiger partial charge on any atom is 0.257 e. The monoisotopic (exact) mass is 348 g/mol. The first-order chi connectivity index (χ1) is 11.2. The van der Waals surface area contributed by atoms with Gasteiger partial charge in [0.2, 0.25) is 0 Å². The van der Waals surface area contributed by atoms with Crippen LogP contribution >= 0.6 is 23.1 Å². The van der Waals surface area contributed by atoms with E-state index >= 15 is 0 Å². The number of carbonyl (C=O) groups excluding carboxylic acids is 1. The Balaban J connectivity index is 1.74. The van der Waals surface area contributed by atoms with Gasteiger partial charge in [0.25, 0.3) is 5.91 Å². The largest absolute Gasteiger partial charge is 0.393 e. The second-order valence-electron chi connectivity index (χ2n) is 6.10. The number of aromatic nitrogens is 1. The number of nitrogens with zero attached hydrogens (tertiary/aromatic N) is 2. The van der Waals surface area contributed by atoms with Crippen molar-refractivity contribution >= 4 is 29.0 Å². The third kappa shape index (κ3) is 2.84. The van der Waals surface area contributed by atoms with Gasteiger partial charge in [0.15, 0.2) is 0 Å². The van der Waals surface area contributed by atoms with Crippen LogP contribution in [0.1, 0.15) is 33.6 Å². The highest BCUT2D eigenvalue weighted by Crippen LogP contribution is 2.39. The average Bonchev–Trinajstić information content (AvgIpc) is 3.22. The number of amides is 1. The van der Waals surface area contributed by atoms with E-state index in [9.17, 15) is 9.90 Å². The predicted molar refractivity (Wildman–Crippen MR) is 94.7 cm³/mol. The molecule has 0 aliphatic carbocycles. The van der Waals surface area contributed by atoms with Crippen molar-refractivity contribution < 1.29 is 9.90 Å². The molecule has 0 bridgehead atoms. The van der Waals surface area contributed by atoms with Gasteiger partial charge in [-0.25, -0.2) is 0 Å². The second-order valence-corrected chi connectivity index (χ2v) is 8.29. The molecule has 0 radical (unpaired) electrons. The lowest BCUT2D eigenvalue weighted by Gasteiger charge is -2.30. The number of thiophene rings is 1. The van der Waals surface area contributed by atoms with Crippen LogP contribution in [0.4, 0.5) is 0 Å². The van der Waals surface area contributed by atoms with Crippen molar-refractivity contribution in [1.82, 2.24) is 9.47 Å². The summed E-state index contributed by atoms with van der Waals surface area (Å²) in [6, 6.07) is 4.00. The number of aliphatic hydroxyl groups is 1. The number of likely N-dealkylation sites (tertiary alicyclic amines) is 1. The van der Waals surface area contributed by atoms with Crippen LogP contribution in [0, 0.1) is 0 Å². The Morgan fingerprint density at radius 2 is 1.96 bits per heavy atom. The topological polar surface area (TPSA) is 45.5 Å². The molecule has 2 aliphatic rings. The van der Waals surface area contributed by atoms with Gasteiger partial charge in [-0.2, -0.15) is 11.8 Å². The molecule has 0 unspecified atom stereocenters. The number of carbonyl (C=O) groups is 1. The minimum atomic E-state index is -0.254. The van der Waals surface area contributed by atoms with E-state index < -0.39 is 0 Å². The summed E-state index contributed by atoms with van der Waals surface area (Å²) in [5.41, 5.74) is 2.16. The second kappa shape index (κ2) is 6.34. The van der Waals surface area contributed by atoms with Crippen molar-refractivity contribution in [2.45, 2.75) is 31.1 Å². The Bertz CT molecular complexity index is 701. The fourth-order valence-electron chi connectivity index (χ4n) is 3.32. The van der Waals surface area contributed by atoms with Gasteiger partial charge in [-0.15, -0.1) is 11.3 Å². The molecule has 0 atom stereocenters. The summed E-state index contributed by atoms with van der Waals surface area (Å²) < 4.78 is 2.07. The number of hydrogen-bond donors (Lipinski definition) is 1. The molecule has 6 heteroatoms. The predicted octanol–water partition coefficient (Wildman–Crippen LogP) is 2.93. The zero-order valence-corrected chi connectivity index (χ0v) is 14.5. The zero-order valence-electron chi connectivity index (χ0n) is 12.9. The maximum atomic E-state index is 13.2. The van der Waals surface area contributed by atoms with E-state index in [0.717, 1.165) is 28.5 Å². The maximum absolute atomic E-state index is 13.2. The molecular weight excluding hydrogens is 328 g/mol. The molecule has 1 saturated heterocycles. The van der Waals surface area contributed by atoms with Crippen molar-refractivity contribution in [2.75, 3.05) is 18.8 Å². The molecule has 4 nitrogen and oxygen atoms in total. The van der Waals surface area contributed by atoms with Gasteiger partial charge >= 0.3 is 0 Å². The van der Waals surface area contributed by atoms with Gasteiger partial charge in [-0.3, -0.25) is 4.79 Å². The normalized spacial score (nSPS) is 18.9. The molecule has 2 aliphatic heterocycles. The minimum Gasteiger partial charge on any atom is -0.393 e. The molecule has 122 valence electrons. The Kier molecular flexibility index (Phi) is 4.22. The summed E-state index contributed by atoms with van der Waals surface area (Å²) in [6.07, 6.45) is 6.13. The van der Waals surface area contributed by atoms with Crippen molar-refractivity contribution in [3.8, 4) is 5.00 Å². The first-order valence-corrected chi connectivity index (χ1v) is 10.0. The standard InChI is InChI=1S/C17H20N2O2S2/c20-12-3-8-18(9-4-12)16(21)15-13-5-10-22-11-14(13)23-17(15)19-6-1-2-7-19/h1-2,6-7,12,20H,3-5,8-11H2. The van der Waals surface area contributed by atoms with Crippen molar-refractivity contribution in [3.63, 3.8) is 0 Å². The Hall–Kier alpha value is -1.24. The van der Waals surface area contributed by atoms with Crippen LogP contribution in [-0.2, 0) is 12.2 Å². The van der Waals surface area contributed by atoms with Gasteiger partial charge < -0.3 is 14.6 Å². The van der Waals surface area contributed by atoms with Gasteiger partial charge in [0, 0.05) is 36.1 Å². The van der Waals surface area contributed by atoms with E-state index in [1.165, 1.54) is 10.4 Å². The molecule has 4 rings (SSSR count). The summed E-state index contributed by atoms with van der Waals surface area (Å²) in [4.78, 5) is 16.5. The SMILES string of the molecule is O=C(c1c(-n2cccc2)sc2c1CCSC2)N1CCC(O)CC1. The smallest absolute Gasteiger partial charge is 0.257 e. The number of thioether (sulfide) groups is 1. The summed E-state index contributed by atoms with van der Waals surface area (Å²) >= 11 is 3.71. The fourth-order valence-corrected chi connectivity index (χ4v) is 5.76. The summed E-state index contributed by atoms with van der Waals surface area (Å²) in [5.74, 6) is 2.25. The van der Waals surface area contributed by atoms with Crippen LogP contribution in [0.25, 0.3) is 5.00 Å². The Labute approximate surface area is 144 Å². The number of rotatable bonds is 2. The Morgan fingerprint density at radius 1 is 1.22 bits per heavy atom. The lowest BCUT2D eigenvalue weighted by atomic mass is 10.0. The van der Waals surface area contributed by atoms with Crippen molar-refractivity contribution in [3.05, 3.63) is 40.5 Å². The van der Waals surface area contributed by atoms with E-state index in [0.29, 0.717) is 25.9 Å². The molecule has 1 N–H and O–H groups in total. The third-order valence-corrected chi connectivity index (χ3v) is 7.02. The number of piperidine rings is 1. The van der Waals surface area contributed by atoms with Gasteiger partial charge in [0.05, 0.1) is 11.7 Å². The summed E-state index contributed by atoms with van der Waals surface area (Å²) in [7, 11) is 0.